The van der Waals surface area contributed by atoms with Crippen molar-refractivity contribution in [1.29, 1.82) is 0 Å². The standard InChI is InChI=1S/C25H27NO4/c1-17-9-5-6-12-20(17)23(18-10-3-2-4-11-18)30-16-19(27)15-26-24(28)21-13-7-8-14-22(21)25(26)29/h2-12,19,21-23,27H,13-16H2,1H3. The zero-order valence-electron chi connectivity index (χ0n) is 17.1. The third-order valence-electron chi connectivity index (χ3n) is 6.02. The number of aliphatic hydroxyl groups excluding tert-OH is 1. The van der Waals surface area contributed by atoms with E-state index in [2.05, 4.69) is 0 Å². The fraction of sp³-hybridized carbons (Fsp3) is 0.360. The topological polar surface area (TPSA) is 66.8 Å². The Hall–Kier alpha value is -2.76. The molecule has 1 fully saturated rings. The van der Waals surface area contributed by atoms with E-state index in [9.17, 15) is 14.7 Å². The number of carbonyl (C=O) groups excluding carboxylic acids is 2. The van der Waals surface area contributed by atoms with Crippen molar-refractivity contribution in [3.05, 3.63) is 83.4 Å². The van der Waals surface area contributed by atoms with Crippen LogP contribution in [0.15, 0.2) is 66.7 Å². The summed E-state index contributed by atoms with van der Waals surface area (Å²) in [5.74, 6) is -0.905. The summed E-state index contributed by atoms with van der Waals surface area (Å²) in [6, 6.07) is 17.8. The summed E-state index contributed by atoms with van der Waals surface area (Å²) in [4.78, 5) is 26.5. The molecule has 1 aliphatic carbocycles. The Labute approximate surface area is 177 Å². The molecule has 0 spiro atoms. The van der Waals surface area contributed by atoms with Crippen molar-refractivity contribution < 1.29 is 19.4 Å². The SMILES string of the molecule is Cc1ccccc1C(OCC(O)CN1C(=O)C2CC=CCC2C1=O)c1ccccc1. The summed E-state index contributed by atoms with van der Waals surface area (Å²) in [5, 5.41) is 10.6. The third kappa shape index (κ3) is 4.09. The van der Waals surface area contributed by atoms with Crippen LogP contribution >= 0.6 is 0 Å². The summed E-state index contributed by atoms with van der Waals surface area (Å²) < 4.78 is 6.14. The number of β-amino-alcohol motifs (C(OH)–C–C–N with tert-alkyl or cyclic N) is 1. The third-order valence-corrected chi connectivity index (χ3v) is 6.02. The first-order valence-corrected chi connectivity index (χ1v) is 10.5. The van der Waals surface area contributed by atoms with Crippen LogP contribution in [0.5, 0.6) is 0 Å². The number of allylic oxidation sites excluding steroid dienone is 2. The summed E-state index contributed by atoms with van der Waals surface area (Å²) in [6.45, 7) is 2.03. The summed E-state index contributed by atoms with van der Waals surface area (Å²) in [7, 11) is 0. The maximum Gasteiger partial charge on any atom is 0.233 e. The van der Waals surface area contributed by atoms with Crippen LogP contribution in [-0.2, 0) is 14.3 Å². The van der Waals surface area contributed by atoms with Gasteiger partial charge >= 0.3 is 0 Å². The Balaban J connectivity index is 1.44. The van der Waals surface area contributed by atoms with Gasteiger partial charge in [-0.15, -0.1) is 0 Å². The van der Waals surface area contributed by atoms with Crippen molar-refractivity contribution >= 4 is 11.8 Å². The lowest BCUT2D eigenvalue weighted by molar-refractivity contribution is -0.142. The van der Waals surface area contributed by atoms with Crippen LogP contribution in [0.25, 0.3) is 0 Å². The van der Waals surface area contributed by atoms with Gasteiger partial charge in [0, 0.05) is 0 Å². The highest BCUT2D eigenvalue weighted by Crippen LogP contribution is 2.35. The molecule has 2 aliphatic rings. The molecule has 2 aromatic carbocycles. The highest BCUT2D eigenvalue weighted by Gasteiger charge is 2.47. The Morgan fingerprint density at radius 2 is 1.57 bits per heavy atom. The number of hydrogen-bond acceptors (Lipinski definition) is 4. The van der Waals surface area contributed by atoms with Crippen LogP contribution in [0.1, 0.15) is 35.6 Å². The summed E-state index contributed by atoms with van der Waals surface area (Å²) >= 11 is 0. The maximum absolute atomic E-state index is 12.6. The average Bonchev–Trinajstić information content (AvgIpc) is 3.01. The van der Waals surface area contributed by atoms with E-state index in [-0.39, 0.29) is 42.9 Å². The number of amides is 2. The maximum atomic E-state index is 12.6. The number of aryl methyl sites for hydroxylation is 1. The van der Waals surface area contributed by atoms with Gasteiger partial charge < -0.3 is 9.84 Å². The first kappa shape index (κ1) is 20.5. The van der Waals surface area contributed by atoms with Crippen molar-refractivity contribution in [2.75, 3.05) is 13.2 Å². The van der Waals surface area contributed by atoms with Gasteiger partial charge in [-0.2, -0.15) is 0 Å². The lowest BCUT2D eigenvalue weighted by Gasteiger charge is -2.24. The van der Waals surface area contributed by atoms with Crippen molar-refractivity contribution in [3.8, 4) is 0 Å². The van der Waals surface area contributed by atoms with Crippen molar-refractivity contribution in [2.45, 2.75) is 32.0 Å². The molecule has 156 valence electrons. The smallest absolute Gasteiger partial charge is 0.233 e. The quantitative estimate of drug-likeness (QED) is 0.566. The Morgan fingerprint density at radius 3 is 2.20 bits per heavy atom. The van der Waals surface area contributed by atoms with E-state index in [1.807, 2.05) is 73.7 Å². The van der Waals surface area contributed by atoms with Gasteiger partial charge in [0.05, 0.1) is 31.1 Å². The Bertz CT molecular complexity index is 913. The molecule has 5 heteroatoms. The monoisotopic (exact) mass is 405 g/mol. The predicted molar refractivity (Wildman–Crippen MR) is 113 cm³/mol. The number of aliphatic hydroxyl groups is 1. The van der Waals surface area contributed by atoms with Gasteiger partial charge in [0.2, 0.25) is 11.8 Å². The molecular formula is C25H27NO4. The Morgan fingerprint density at radius 1 is 0.967 bits per heavy atom. The highest BCUT2D eigenvalue weighted by molar-refractivity contribution is 6.05. The van der Waals surface area contributed by atoms with Gasteiger partial charge in [0.1, 0.15) is 6.10 Å². The number of fused-ring (bicyclic) bond motifs is 1. The van der Waals surface area contributed by atoms with Crippen LogP contribution in [0, 0.1) is 18.8 Å². The van der Waals surface area contributed by atoms with E-state index in [0.29, 0.717) is 12.8 Å². The van der Waals surface area contributed by atoms with E-state index in [4.69, 9.17) is 4.74 Å². The first-order valence-electron chi connectivity index (χ1n) is 10.5. The largest absolute Gasteiger partial charge is 0.389 e. The molecule has 4 unspecified atom stereocenters. The molecule has 30 heavy (non-hydrogen) atoms. The zero-order chi connectivity index (χ0) is 21.1. The minimum Gasteiger partial charge on any atom is -0.389 e. The molecule has 5 nitrogen and oxygen atoms in total. The van der Waals surface area contributed by atoms with Gasteiger partial charge in [-0.3, -0.25) is 14.5 Å². The van der Waals surface area contributed by atoms with Crippen molar-refractivity contribution in [2.24, 2.45) is 11.8 Å². The number of hydrogen-bond donors (Lipinski definition) is 1. The second kappa shape index (κ2) is 8.94. The first-order chi connectivity index (χ1) is 14.6. The molecule has 4 rings (SSSR count). The normalized spacial score (nSPS) is 22.8. The van der Waals surface area contributed by atoms with Crippen LogP contribution in [0.2, 0.25) is 0 Å². The molecule has 1 saturated heterocycles. The van der Waals surface area contributed by atoms with E-state index < -0.39 is 6.10 Å². The number of imide groups is 1. The summed E-state index contributed by atoms with van der Waals surface area (Å²) in [5.41, 5.74) is 3.12. The minimum absolute atomic E-state index is 0.0263. The second-order valence-electron chi connectivity index (χ2n) is 8.08. The number of likely N-dealkylation sites (tertiary alicyclic amines) is 1. The average molecular weight is 405 g/mol. The molecule has 0 radical (unpaired) electrons. The van der Waals surface area contributed by atoms with Gasteiger partial charge in [0.25, 0.3) is 0 Å². The zero-order valence-corrected chi connectivity index (χ0v) is 17.1. The van der Waals surface area contributed by atoms with E-state index in [0.717, 1.165) is 16.7 Å². The molecule has 1 N–H and O–H groups in total. The molecular weight excluding hydrogens is 378 g/mol. The van der Waals surface area contributed by atoms with Crippen molar-refractivity contribution in [3.63, 3.8) is 0 Å². The predicted octanol–water partition coefficient (Wildman–Crippen LogP) is 3.41. The lowest BCUT2D eigenvalue weighted by atomic mass is 9.85. The fourth-order valence-corrected chi connectivity index (χ4v) is 4.39. The van der Waals surface area contributed by atoms with Gasteiger partial charge in [-0.25, -0.2) is 0 Å². The molecule has 4 atom stereocenters. The fourth-order valence-electron chi connectivity index (χ4n) is 4.39. The number of nitrogens with zero attached hydrogens (tertiary/aromatic N) is 1. The van der Waals surface area contributed by atoms with Crippen LogP contribution in [-0.4, -0.2) is 41.1 Å². The van der Waals surface area contributed by atoms with E-state index >= 15 is 0 Å². The van der Waals surface area contributed by atoms with Gasteiger partial charge in [-0.05, 0) is 36.5 Å². The molecule has 1 heterocycles. The van der Waals surface area contributed by atoms with Crippen LogP contribution < -0.4 is 0 Å². The second-order valence-corrected chi connectivity index (χ2v) is 8.08. The molecule has 1 aliphatic heterocycles. The molecule has 0 aromatic heterocycles. The number of ether oxygens (including phenoxy) is 1. The molecule has 2 aromatic rings. The minimum atomic E-state index is -0.943. The van der Waals surface area contributed by atoms with E-state index in [1.165, 1.54) is 4.90 Å². The molecule has 0 saturated carbocycles. The van der Waals surface area contributed by atoms with Gasteiger partial charge in [0.15, 0.2) is 0 Å². The molecule has 2 amide bonds. The summed E-state index contributed by atoms with van der Waals surface area (Å²) in [6.07, 6.45) is 3.84. The van der Waals surface area contributed by atoms with Crippen LogP contribution in [0.4, 0.5) is 0 Å². The lowest BCUT2D eigenvalue weighted by Crippen LogP contribution is -2.39. The van der Waals surface area contributed by atoms with E-state index in [1.54, 1.807) is 0 Å². The van der Waals surface area contributed by atoms with Gasteiger partial charge in [-0.1, -0.05) is 66.7 Å². The highest BCUT2D eigenvalue weighted by atomic mass is 16.5. The Kier molecular flexibility index (Phi) is 6.11. The van der Waals surface area contributed by atoms with Crippen molar-refractivity contribution in [1.82, 2.24) is 4.90 Å². The number of benzene rings is 2. The molecule has 0 bridgehead atoms. The van der Waals surface area contributed by atoms with Crippen LogP contribution in [0.3, 0.4) is 0 Å². The number of carbonyl (C=O) groups is 2. The number of rotatable bonds is 7.